The number of hydrogen-bond acceptors (Lipinski definition) is 2. The predicted octanol–water partition coefficient (Wildman–Crippen LogP) is 6.36. The Morgan fingerprint density at radius 1 is 0.920 bits per heavy atom. The first-order valence-electron chi connectivity index (χ1n) is 8.29. The van der Waals surface area contributed by atoms with Crippen LogP contribution in [-0.4, -0.2) is 4.33 Å². The van der Waals surface area contributed by atoms with Crippen molar-refractivity contribution < 1.29 is 4.74 Å². The third-order valence-electron chi connectivity index (χ3n) is 5.83. The van der Waals surface area contributed by atoms with Crippen molar-refractivity contribution in [2.45, 2.75) is 22.8 Å². The van der Waals surface area contributed by atoms with Gasteiger partial charge >= 0.3 is 0 Å². The Labute approximate surface area is 161 Å². The Kier molecular flexibility index (Phi) is 3.17. The Morgan fingerprint density at radius 2 is 1.64 bits per heavy atom. The van der Waals surface area contributed by atoms with Gasteiger partial charge in [-0.05, 0) is 23.1 Å². The molecule has 1 saturated carbocycles. The summed E-state index contributed by atoms with van der Waals surface area (Å²) in [6, 6.07) is 22.8. The molecule has 5 rings (SSSR count). The molecular formula is C21H16Cl2OS. The summed E-state index contributed by atoms with van der Waals surface area (Å²) in [6.07, 6.45) is 0. The van der Waals surface area contributed by atoms with Gasteiger partial charge in [-0.1, -0.05) is 84.7 Å². The summed E-state index contributed by atoms with van der Waals surface area (Å²) in [5, 5.41) is 2.05. The van der Waals surface area contributed by atoms with E-state index in [1.165, 1.54) is 5.56 Å². The van der Waals surface area contributed by atoms with Crippen LogP contribution in [0.4, 0.5) is 0 Å². The third-order valence-corrected chi connectivity index (χ3v) is 8.12. The molecule has 0 N–H and O–H groups in total. The lowest BCUT2D eigenvalue weighted by molar-refractivity contribution is 0.105. The molecule has 1 aliphatic carbocycles. The van der Waals surface area contributed by atoms with E-state index in [0.717, 1.165) is 16.2 Å². The minimum Gasteiger partial charge on any atom is -0.477 e. The molecule has 4 heteroatoms. The van der Waals surface area contributed by atoms with Crippen LogP contribution < -0.4 is 4.74 Å². The van der Waals surface area contributed by atoms with Gasteiger partial charge in [0, 0.05) is 11.5 Å². The van der Waals surface area contributed by atoms with Crippen LogP contribution in [0.15, 0.2) is 72.1 Å². The van der Waals surface area contributed by atoms with Gasteiger partial charge in [0.2, 0.25) is 0 Å². The molecule has 1 aliphatic heterocycles. The van der Waals surface area contributed by atoms with Crippen LogP contribution in [0.5, 0.6) is 5.75 Å². The van der Waals surface area contributed by atoms with E-state index in [0.29, 0.717) is 0 Å². The van der Waals surface area contributed by atoms with Crippen LogP contribution in [0, 0.1) is 5.41 Å². The molecule has 1 nitrogen and oxygen atoms in total. The molecule has 3 aromatic rings. The van der Waals surface area contributed by atoms with Gasteiger partial charge in [-0.2, -0.15) is 0 Å². The average Bonchev–Trinajstić information content (AvgIpc) is 3.01. The Balaban J connectivity index is 1.81. The first-order valence-corrected chi connectivity index (χ1v) is 9.92. The van der Waals surface area contributed by atoms with Crippen LogP contribution in [0.2, 0.25) is 0 Å². The molecule has 25 heavy (non-hydrogen) atoms. The molecule has 1 aromatic heterocycles. The predicted molar refractivity (Wildman–Crippen MR) is 104 cm³/mol. The van der Waals surface area contributed by atoms with Gasteiger partial charge in [-0.25, -0.2) is 0 Å². The monoisotopic (exact) mass is 386 g/mol. The lowest BCUT2D eigenvalue weighted by atomic mass is 9.75. The summed E-state index contributed by atoms with van der Waals surface area (Å²) in [6.45, 7) is 2.15. The van der Waals surface area contributed by atoms with Crippen molar-refractivity contribution in [2.75, 3.05) is 0 Å². The highest BCUT2D eigenvalue weighted by atomic mass is 35.5. The summed E-state index contributed by atoms with van der Waals surface area (Å²) in [5.74, 6) is 0.932. The van der Waals surface area contributed by atoms with Gasteiger partial charge in [-0.3, -0.25) is 0 Å². The zero-order valence-corrected chi connectivity index (χ0v) is 15.9. The fraction of sp³-hybridized carbons (Fsp3) is 0.238. The Hall–Kier alpha value is -1.48. The lowest BCUT2D eigenvalue weighted by Crippen LogP contribution is -2.32. The SMILES string of the molecule is C[C@]12[C@@H](c3ccccc3)c3ccccc3O[C@@]1(c1cccs1)C2(Cl)Cl. The van der Waals surface area contributed by atoms with Gasteiger partial charge < -0.3 is 4.74 Å². The van der Waals surface area contributed by atoms with Crippen LogP contribution in [0.25, 0.3) is 0 Å². The van der Waals surface area contributed by atoms with Gasteiger partial charge in [0.25, 0.3) is 0 Å². The molecule has 2 heterocycles. The first kappa shape index (κ1) is 15.7. The topological polar surface area (TPSA) is 9.23 Å². The van der Waals surface area contributed by atoms with Crippen molar-refractivity contribution in [1.29, 1.82) is 0 Å². The molecule has 0 spiro atoms. The van der Waals surface area contributed by atoms with Crippen LogP contribution in [0.1, 0.15) is 28.8 Å². The van der Waals surface area contributed by atoms with Crippen LogP contribution >= 0.6 is 34.5 Å². The van der Waals surface area contributed by atoms with Gasteiger partial charge in [0.1, 0.15) is 5.75 Å². The normalized spacial score (nSPS) is 31.6. The zero-order valence-electron chi connectivity index (χ0n) is 13.6. The van der Waals surface area contributed by atoms with Crippen LogP contribution in [0.3, 0.4) is 0 Å². The van der Waals surface area contributed by atoms with E-state index in [1.807, 2.05) is 35.7 Å². The zero-order chi connectivity index (χ0) is 17.3. The second-order valence-corrected chi connectivity index (χ2v) is 9.19. The number of benzene rings is 2. The molecule has 0 amide bonds. The second kappa shape index (κ2) is 5.03. The van der Waals surface area contributed by atoms with E-state index < -0.39 is 15.3 Å². The molecule has 1 fully saturated rings. The summed E-state index contributed by atoms with van der Waals surface area (Å²) in [5.41, 5.74) is 1.17. The summed E-state index contributed by atoms with van der Waals surface area (Å²) < 4.78 is 5.54. The van der Waals surface area contributed by atoms with E-state index in [1.54, 1.807) is 11.3 Å². The fourth-order valence-corrected chi connectivity index (χ4v) is 6.77. The maximum atomic E-state index is 6.98. The van der Waals surface area contributed by atoms with Crippen molar-refractivity contribution in [3.63, 3.8) is 0 Å². The van der Waals surface area contributed by atoms with E-state index in [4.69, 9.17) is 27.9 Å². The number of halogens is 2. The first-order chi connectivity index (χ1) is 12.0. The third kappa shape index (κ3) is 1.71. The molecule has 0 bridgehead atoms. The van der Waals surface area contributed by atoms with E-state index in [-0.39, 0.29) is 5.92 Å². The molecule has 0 radical (unpaired) electrons. The van der Waals surface area contributed by atoms with Crippen LogP contribution in [-0.2, 0) is 5.60 Å². The maximum absolute atomic E-state index is 6.98. The molecule has 126 valence electrons. The summed E-state index contributed by atoms with van der Waals surface area (Å²) in [7, 11) is 0. The molecule has 2 aliphatic rings. The van der Waals surface area contributed by atoms with E-state index in [2.05, 4.69) is 43.3 Å². The number of thiophene rings is 1. The molecule has 3 atom stereocenters. The van der Waals surface area contributed by atoms with Gasteiger partial charge in [0.15, 0.2) is 9.93 Å². The molecular weight excluding hydrogens is 371 g/mol. The number of hydrogen-bond donors (Lipinski definition) is 0. The van der Waals surface area contributed by atoms with E-state index in [9.17, 15) is 0 Å². The number of fused-ring (bicyclic) bond motifs is 2. The van der Waals surface area contributed by atoms with E-state index >= 15 is 0 Å². The van der Waals surface area contributed by atoms with Crippen molar-refractivity contribution in [3.8, 4) is 5.75 Å². The fourth-order valence-electron chi connectivity index (χ4n) is 4.56. The van der Waals surface area contributed by atoms with Crippen molar-refractivity contribution >= 4 is 34.5 Å². The maximum Gasteiger partial charge on any atom is 0.186 e. The van der Waals surface area contributed by atoms with Crippen molar-refractivity contribution in [3.05, 3.63) is 88.1 Å². The second-order valence-electron chi connectivity index (χ2n) is 6.92. The van der Waals surface area contributed by atoms with Crippen molar-refractivity contribution in [1.82, 2.24) is 0 Å². The highest BCUT2D eigenvalue weighted by Gasteiger charge is 2.92. The average molecular weight is 387 g/mol. The lowest BCUT2D eigenvalue weighted by Gasteiger charge is -2.36. The largest absolute Gasteiger partial charge is 0.477 e. The Bertz CT molecular complexity index is 938. The highest BCUT2D eigenvalue weighted by Crippen LogP contribution is 2.85. The number of rotatable bonds is 2. The number of alkyl halides is 2. The molecule has 2 aromatic carbocycles. The standard InChI is InChI=1S/C21H16Cl2OS/c1-19-18(14-8-3-2-4-9-14)15-10-5-6-11-16(15)24-20(19,21(19,22)23)17-12-7-13-25-17/h2-13,18H,1H3/t18-,19-,20+/m0/s1. The minimum absolute atomic E-state index is 0.0655. The molecule has 0 unspecified atom stereocenters. The summed E-state index contributed by atoms with van der Waals surface area (Å²) >= 11 is 15.6. The highest BCUT2D eigenvalue weighted by molar-refractivity contribution is 7.10. The van der Waals surface area contributed by atoms with Crippen molar-refractivity contribution in [2.24, 2.45) is 5.41 Å². The smallest absolute Gasteiger partial charge is 0.186 e. The summed E-state index contributed by atoms with van der Waals surface area (Å²) in [4.78, 5) is 1.08. The number of ether oxygens (including phenoxy) is 1. The van der Waals surface area contributed by atoms with Gasteiger partial charge in [-0.15, -0.1) is 11.3 Å². The molecule has 0 saturated heterocycles. The minimum atomic E-state index is -1.01. The Morgan fingerprint density at radius 3 is 2.36 bits per heavy atom. The number of para-hydroxylation sites is 1. The van der Waals surface area contributed by atoms with Gasteiger partial charge in [0.05, 0.1) is 10.3 Å². The quantitative estimate of drug-likeness (QED) is 0.465.